The van der Waals surface area contributed by atoms with Crippen molar-refractivity contribution in [2.45, 2.75) is 38.2 Å². The molecule has 3 rings (SSSR count). The minimum absolute atomic E-state index is 0.0146. The van der Waals surface area contributed by atoms with Gasteiger partial charge in [-0.1, -0.05) is 54.6 Å². The van der Waals surface area contributed by atoms with E-state index in [-0.39, 0.29) is 10.9 Å². The zero-order chi connectivity index (χ0) is 26.5. The molecule has 0 aromatic heterocycles. The molecule has 0 aliphatic rings. The first-order valence-electron chi connectivity index (χ1n) is 9.41. The van der Waals surface area contributed by atoms with Gasteiger partial charge >= 0.3 is 23.5 Å². The van der Waals surface area contributed by atoms with Gasteiger partial charge in [-0.2, -0.15) is 26.3 Å². The van der Waals surface area contributed by atoms with Crippen LogP contribution in [0.1, 0.15) is 0 Å². The van der Waals surface area contributed by atoms with Crippen molar-refractivity contribution in [3.8, 4) is 0 Å². The maximum atomic E-state index is 12.2. The average Bonchev–Trinajstić information content (AvgIpc) is 2.81. The van der Waals surface area contributed by atoms with Gasteiger partial charge in [0.05, 0.1) is 10.9 Å². The van der Waals surface area contributed by atoms with Gasteiger partial charge in [0.15, 0.2) is 24.8 Å². The first-order chi connectivity index (χ1) is 16.1. The zero-order valence-electron chi connectivity index (χ0n) is 17.3. The second-order valence-electron chi connectivity index (χ2n) is 6.71. The SMILES string of the molecule is O=S(=O)([O-])C(F)(F)C(F)(F)C(F)(F)C(F)F.c1ccc([S+](c2ccccc2)c2ccccc2)cc1. The van der Waals surface area contributed by atoms with Crippen LogP contribution in [0.4, 0.5) is 35.1 Å². The number of rotatable bonds is 7. The summed E-state index contributed by atoms with van der Waals surface area (Å²) < 4.78 is 124. The summed E-state index contributed by atoms with van der Waals surface area (Å²) in [4.78, 5) is 4.08. The molecule has 0 amide bonds. The lowest BCUT2D eigenvalue weighted by Crippen LogP contribution is -2.60. The van der Waals surface area contributed by atoms with E-state index in [1.807, 2.05) is 0 Å². The van der Waals surface area contributed by atoms with Crippen molar-refractivity contribution in [3.05, 3.63) is 91.0 Å². The molecule has 190 valence electrons. The van der Waals surface area contributed by atoms with E-state index >= 15 is 0 Å². The van der Waals surface area contributed by atoms with Crippen LogP contribution in [-0.4, -0.2) is 36.5 Å². The lowest BCUT2D eigenvalue weighted by molar-refractivity contribution is -0.316. The lowest BCUT2D eigenvalue weighted by Gasteiger charge is -2.33. The molecule has 0 unspecified atom stereocenters. The van der Waals surface area contributed by atoms with Crippen LogP contribution in [0, 0.1) is 0 Å². The van der Waals surface area contributed by atoms with Gasteiger partial charge in [-0.3, -0.25) is 0 Å². The van der Waals surface area contributed by atoms with Crippen LogP contribution in [0.2, 0.25) is 0 Å². The monoisotopic (exact) mass is 544 g/mol. The van der Waals surface area contributed by atoms with Crippen molar-refractivity contribution in [3.63, 3.8) is 0 Å². The summed E-state index contributed by atoms with van der Waals surface area (Å²) in [6, 6.07) is 32.2. The van der Waals surface area contributed by atoms with E-state index in [2.05, 4.69) is 91.0 Å². The highest BCUT2D eigenvalue weighted by molar-refractivity contribution is 7.97. The fourth-order valence-corrected chi connectivity index (χ4v) is 5.12. The van der Waals surface area contributed by atoms with Crippen LogP contribution < -0.4 is 0 Å². The van der Waals surface area contributed by atoms with Gasteiger partial charge < -0.3 is 4.55 Å². The average molecular weight is 544 g/mol. The predicted molar refractivity (Wildman–Crippen MR) is 112 cm³/mol. The van der Waals surface area contributed by atoms with Crippen LogP contribution in [0.25, 0.3) is 0 Å². The van der Waals surface area contributed by atoms with Crippen molar-refractivity contribution in [2.75, 3.05) is 0 Å². The van der Waals surface area contributed by atoms with Crippen molar-refractivity contribution < 1.29 is 48.1 Å². The molecule has 0 bridgehead atoms. The summed E-state index contributed by atoms with van der Waals surface area (Å²) in [7, 11) is -7.24. The van der Waals surface area contributed by atoms with E-state index in [1.165, 1.54) is 14.7 Å². The van der Waals surface area contributed by atoms with E-state index in [0.29, 0.717) is 0 Å². The topological polar surface area (TPSA) is 57.2 Å². The molecular formula is C22H16F8O3S2. The third-order valence-corrected chi connectivity index (χ3v) is 7.42. The second kappa shape index (κ2) is 11.0. The largest absolute Gasteiger partial charge is 0.743 e. The van der Waals surface area contributed by atoms with Crippen molar-refractivity contribution in [1.82, 2.24) is 0 Å². The quantitative estimate of drug-likeness (QED) is 0.195. The maximum absolute atomic E-state index is 12.2. The molecule has 0 aliphatic heterocycles. The van der Waals surface area contributed by atoms with Gasteiger partial charge in [-0.05, 0) is 36.4 Å². The van der Waals surface area contributed by atoms with Gasteiger partial charge in [-0.25, -0.2) is 17.2 Å². The van der Waals surface area contributed by atoms with E-state index < -0.39 is 33.6 Å². The van der Waals surface area contributed by atoms with Crippen LogP contribution in [0.3, 0.4) is 0 Å². The van der Waals surface area contributed by atoms with E-state index in [1.54, 1.807) is 0 Å². The van der Waals surface area contributed by atoms with Gasteiger partial charge in [0.1, 0.15) is 0 Å². The Hall–Kier alpha value is -2.64. The molecule has 3 aromatic carbocycles. The summed E-state index contributed by atoms with van der Waals surface area (Å²) in [5.74, 6) is -13.7. The zero-order valence-corrected chi connectivity index (χ0v) is 18.9. The van der Waals surface area contributed by atoms with Crippen LogP contribution in [0.5, 0.6) is 0 Å². The molecule has 0 radical (unpaired) electrons. The Balaban J connectivity index is 0.000000252. The minimum atomic E-state index is -7.22. The highest BCUT2D eigenvalue weighted by atomic mass is 32.2. The van der Waals surface area contributed by atoms with Crippen molar-refractivity contribution in [1.29, 1.82) is 0 Å². The molecule has 35 heavy (non-hydrogen) atoms. The molecule has 0 spiro atoms. The van der Waals surface area contributed by atoms with Crippen molar-refractivity contribution >= 4 is 21.0 Å². The van der Waals surface area contributed by atoms with E-state index in [9.17, 15) is 48.1 Å². The Labute approximate surface area is 198 Å². The summed E-state index contributed by atoms with van der Waals surface area (Å²) in [6.07, 6.45) is -5.27. The lowest BCUT2D eigenvalue weighted by atomic mass is 10.2. The van der Waals surface area contributed by atoms with Gasteiger partial charge in [0.25, 0.3) is 0 Å². The standard InChI is InChI=1S/C18H15S.C4H2F8O3S/c1-4-10-16(11-5-1)19(17-12-6-2-7-13-17)18-14-8-3-9-15-18;5-1(6)2(7,8)3(9,10)4(11,12)16(13,14)15/h1-15H;1H,(H,13,14,15)/q+1;/p-1. The maximum Gasteiger partial charge on any atom is 0.402 e. The molecule has 0 aliphatic carbocycles. The molecular weight excluding hydrogens is 528 g/mol. The summed E-state index contributed by atoms with van der Waals surface area (Å²) >= 11 is 0. The molecule has 0 heterocycles. The Morgan fingerprint density at radius 2 is 0.914 bits per heavy atom. The fourth-order valence-electron chi connectivity index (χ4n) is 2.57. The molecule has 3 nitrogen and oxygen atoms in total. The first-order valence-corrected chi connectivity index (χ1v) is 12.0. The molecule has 0 atom stereocenters. The Morgan fingerprint density at radius 3 is 1.14 bits per heavy atom. The Morgan fingerprint density at radius 1 is 0.629 bits per heavy atom. The summed E-state index contributed by atoms with van der Waals surface area (Å²) in [5.41, 5.74) is 0. The van der Waals surface area contributed by atoms with Crippen LogP contribution in [-0.2, 0) is 21.0 Å². The number of halogens is 8. The number of hydrogen-bond donors (Lipinski definition) is 0. The third-order valence-electron chi connectivity index (χ3n) is 4.31. The predicted octanol–water partition coefficient (Wildman–Crippen LogP) is 6.44. The fraction of sp³-hybridized carbons (Fsp3) is 0.182. The smallest absolute Gasteiger partial charge is 0.402 e. The number of benzene rings is 3. The summed E-state index contributed by atoms with van der Waals surface area (Å²) in [5, 5.41) is -6.85. The van der Waals surface area contributed by atoms with Gasteiger partial charge in [0.2, 0.25) is 0 Å². The number of alkyl halides is 8. The molecule has 0 N–H and O–H groups in total. The molecule has 0 fully saturated rings. The molecule has 0 saturated carbocycles. The van der Waals surface area contributed by atoms with Crippen LogP contribution >= 0.6 is 0 Å². The minimum Gasteiger partial charge on any atom is -0.743 e. The number of hydrogen-bond acceptors (Lipinski definition) is 3. The van der Waals surface area contributed by atoms with Crippen molar-refractivity contribution in [2.24, 2.45) is 0 Å². The second-order valence-corrected chi connectivity index (χ2v) is 10.2. The highest BCUT2D eigenvalue weighted by Gasteiger charge is 2.78. The molecule has 3 aromatic rings. The summed E-state index contributed by atoms with van der Waals surface area (Å²) in [6.45, 7) is 0. The normalized spacial score (nSPS) is 12.9. The van der Waals surface area contributed by atoms with E-state index in [4.69, 9.17) is 0 Å². The first kappa shape index (κ1) is 28.6. The highest BCUT2D eigenvalue weighted by Crippen LogP contribution is 2.50. The molecule has 13 heteroatoms. The third kappa shape index (κ3) is 6.14. The Bertz CT molecular complexity index is 1080. The Kier molecular flexibility index (Phi) is 8.95. The van der Waals surface area contributed by atoms with Gasteiger partial charge in [0, 0.05) is 0 Å². The van der Waals surface area contributed by atoms with Crippen LogP contribution in [0.15, 0.2) is 106 Å². The van der Waals surface area contributed by atoms with E-state index in [0.717, 1.165) is 0 Å². The molecule has 0 saturated heterocycles. The van der Waals surface area contributed by atoms with Gasteiger partial charge in [-0.15, -0.1) is 0 Å².